The summed E-state index contributed by atoms with van der Waals surface area (Å²) in [4.78, 5) is 4.30. The molecule has 2 aromatic rings. The lowest BCUT2D eigenvalue weighted by Crippen LogP contribution is -2.03. The molecule has 3 nitrogen and oxygen atoms in total. The molecule has 0 radical (unpaired) electrons. The van der Waals surface area contributed by atoms with Gasteiger partial charge in [0.05, 0.1) is 24.6 Å². The van der Waals surface area contributed by atoms with Crippen LogP contribution < -0.4 is 5.73 Å². The zero-order valence-electron chi connectivity index (χ0n) is 9.97. The molecule has 0 saturated heterocycles. The highest BCUT2D eigenvalue weighted by molar-refractivity contribution is 5.16. The van der Waals surface area contributed by atoms with E-state index in [1.807, 2.05) is 18.2 Å². The molecule has 4 heteroatoms. The van der Waals surface area contributed by atoms with Gasteiger partial charge in [-0.3, -0.25) is 4.98 Å². The molecule has 0 saturated carbocycles. The smallest absolute Gasteiger partial charge is 0.128 e. The van der Waals surface area contributed by atoms with E-state index in [9.17, 15) is 4.39 Å². The summed E-state index contributed by atoms with van der Waals surface area (Å²) < 4.78 is 18.8. The molecule has 0 bridgehead atoms. The van der Waals surface area contributed by atoms with E-state index in [2.05, 4.69) is 4.98 Å². The zero-order chi connectivity index (χ0) is 12.8. The predicted molar refractivity (Wildman–Crippen MR) is 67.0 cm³/mol. The number of pyridine rings is 1. The first kappa shape index (κ1) is 12.7. The number of hydrogen-bond acceptors (Lipinski definition) is 3. The third kappa shape index (κ3) is 3.35. The van der Waals surface area contributed by atoms with Gasteiger partial charge in [0, 0.05) is 12.1 Å². The molecule has 0 unspecified atom stereocenters. The van der Waals surface area contributed by atoms with Crippen molar-refractivity contribution in [2.24, 2.45) is 5.73 Å². The van der Waals surface area contributed by atoms with E-state index in [-0.39, 0.29) is 12.4 Å². The van der Waals surface area contributed by atoms with Crippen LogP contribution in [0, 0.1) is 5.82 Å². The van der Waals surface area contributed by atoms with E-state index in [1.54, 1.807) is 18.2 Å². The van der Waals surface area contributed by atoms with Crippen LogP contribution >= 0.6 is 0 Å². The van der Waals surface area contributed by atoms with Gasteiger partial charge in [0.2, 0.25) is 0 Å². The maximum absolute atomic E-state index is 13.3. The van der Waals surface area contributed by atoms with Crippen LogP contribution in [0.1, 0.15) is 17.0 Å². The molecule has 0 aliphatic heterocycles. The first-order valence-corrected chi connectivity index (χ1v) is 5.75. The monoisotopic (exact) mass is 246 g/mol. The van der Waals surface area contributed by atoms with Crippen molar-refractivity contribution < 1.29 is 9.13 Å². The Morgan fingerprint density at radius 2 is 1.78 bits per heavy atom. The SMILES string of the molecule is NCc1cccc(COCc2ccccc2F)n1. The van der Waals surface area contributed by atoms with Crippen molar-refractivity contribution in [3.63, 3.8) is 0 Å². The fraction of sp³-hybridized carbons (Fsp3) is 0.214. The van der Waals surface area contributed by atoms with Crippen molar-refractivity contribution in [2.45, 2.75) is 19.8 Å². The minimum Gasteiger partial charge on any atom is -0.370 e. The Hall–Kier alpha value is -1.78. The maximum atomic E-state index is 13.3. The molecule has 0 fully saturated rings. The Labute approximate surface area is 105 Å². The highest BCUT2D eigenvalue weighted by Crippen LogP contribution is 2.09. The molecule has 1 aromatic carbocycles. The molecule has 0 amide bonds. The van der Waals surface area contributed by atoms with Crippen LogP contribution in [0.2, 0.25) is 0 Å². The van der Waals surface area contributed by atoms with Crippen LogP contribution in [0.15, 0.2) is 42.5 Å². The Bertz CT molecular complexity index is 517. The van der Waals surface area contributed by atoms with Gasteiger partial charge in [0.25, 0.3) is 0 Å². The summed E-state index contributed by atoms with van der Waals surface area (Å²) in [5.41, 5.74) is 7.68. The van der Waals surface area contributed by atoms with Gasteiger partial charge in [-0.2, -0.15) is 0 Å². The average Bonchev–Trinajstić information content (AvgIpc) is 2.41. The van der Waals surface area contributed by atoms with E-state index in [0.717, 1.165) is 11.4 Å². The lowest BCUT2D eigenvalue weighted by atomic mass is 10.2. The second-order valence-electron chi connectivity index (χ2n) is 3.91. The van der Waals surface area contributed by atoms with Crippen LogP contribution in [0.3, 0.4) is 0 Å². The number of rotatable bonds is 5. The number of nitrogens with zero attached hydrogens (tertiary/aromatic N) is 1. The topological polar surface area (TPSA) is 48.1 Å². The van der Waals surface area contributed by atoms with E-state index in [4.69, 9.17) is 10.5 Å². The Kier molecular flexibility index (Phi) is 4.39. The predicted octanol–water partition coefficient (Wildman–Crippen LogP) is 2.40. The van der Waals surface area contributed by atoms with Crippen LogP contribution in [0.25, 0.3) is 0 Å². The van der Waals surface area contributed by atoms with Crippen molar-refractivity contribution in [2.75, 3.05) is 0 Å². The van der Waals surface area contributed by atoms with E-state index < -0.39 is 0 Å². The van der Waals surface area contributed by atoms with Crippen molar-refractivity contribution in [3.8, 4) is 0 Å². The first-order valence-electron chi connectivity index (χ1n) is 5.75. The molecule has 0 atom stereocenters. The molecule has 18 heavy (non-hydrogen) atoms. The number of aromatic nitrogens is 1. The highest BCUT2D eigenvalue weighted by Gasteiger charge is 2.01. The fourth-order valence-corrected chi connectivity index (χ4v) is 1.60. The number of ether oxygens (including phenoxy) is 1. The van der Waals surface area contributed by atoms with Gasteiger partial charge >= 0.3 is 0 Å². The Morgan fingerprint density at radius 1 is 1.00 bits per heavy atom. The number of nitrogens with two attached hydrogens (primary N) is 1. The van der Waals surface area contributed by atoms with Gasteiger partial charge in [-0.1, -0.05) is 24.3 Å². The second-order valence-corrected chi connectivity index (χ2v) is 3.91. The quantitative estimate of drug-likeness (QED) is 0.881. The largest absolute Gasteiger partial charge is 0.370 e. The van der Waals surface area contributed by atoms with Gasteiger partial charge in [-0.05, 0) is 18.2 Å². The number of hydrogen-bond donors (Lipinski definition) is 1. The number of halogens is 1. The van der Waals surface area contributed by atoms with Crippen molar-refractivity contribution in [1.29, 1.82) is 0 Å². The minimum absolute atomic E-state index is 0.237. The average molecular weight is 246 g/mol. The van der Waals surface area contributed by atoms with E-state index in [0.29, 0.717) is 18.7 Å². The van der Waals surface area contributed by atoms with E-state index >= 15 is 0 Å². The summed E-state index contributed by atoms with van der Waals surface area (Å²) in [5, 5.41) is 0. The Balaban J connectivity index is 1.90. The van der Waals surface area contributed by atoms with Gasteiger partial charge in [0.15, 0.2) is 0 Å². The maximum Gasteiger partial charge on any atom is 0.128 e. The molecular formula is C14H15FN2O. The van der Waals surface area contributed by atoms with Crippen LogP contribution in [-0.4, -0.2) is 4.98 Å². The normalized spacial score (nSPS) is 10.6. The molecule has 2 rings (SSSR count). The molecular weight excluding hydrogens is 231 g/mol. The van der Waals surface area contributed by atoms with Crippen molar-refractivity contribution >= 4 is 0 Å². The zero-order valence-corrected chi connectivity index (χ0v) is 9.97. The van der Waals surface area contributed by atoms with Gasteiger partial charge < -0.3 is 10.5 Å². The highest BCUT2D eigenvalue weighted by atomic mass is 19.1. The lowest BCUT2D eigenvalue weighted by Gasteiger charge is -2.06. The van der Waals surface area contributed by atoms with Crippen LogP contribution in [0.4, 0.5) is 4.39 Å². The van der Waals surface area contributed by atoms with Crippen molar-refractivity contribution in [1.82, 2.24) is 4.98 Å². The third-order valence-corrected chi connectivity index (χ3v) is 2.54. The summed E-state index contributed by atoms with van der Waals surface area (Å²) in [6, 6.07) is 12.2. The third-order valence-electron chi connectivity index (χ3n) is 2.54. The van der Waals surface area contributed by atoms with Crippen molar-refractivity contribution in [3.05, 3.63) is 65.2 Å². The molecule has 1 aromatic heterocycles. The molecule has 0 aliphatic rings. The summed E-state index contributed by atoms with van der Waals surface area (Å²) in [6.45, 7) is 0.991. The molecule has 94 valence electrons. The summed E-state index contributed by atoms with van der Waals surface area (Å²) >= 11 is 0. The molecule has 0 spiro atoms. The van der Waals surface area contributed by atoms with Gasteiger partial charge in [-0.25, -0.2) is 4.39 Å². The number of benzene rings is 1. The first-order chi connectivity index (χ1) is 8.79. The van der Waals surface area contributed by atoms with Crippen LogP contribution in [-0.2, 0) is 24.5 Å². The Morgan fingerprint density at radius 3 is 2.56 bits per heavy atom. The standard InChI is InChI=1S/C14H15FN2O/c15-14-7-2-1-4-11(14)9-18-10-13-6-3-5-12(8-16)17-13/h1-7H,8-10,16H2. The summed E-state index contributed by atoms with van der Waals surface area (Å²) in [5.74, 6) is -0.249. The molecule has 1 heterocycles. The summed E-state index contributed by atoms with van der Waals surface area (Å²) in [6.07, 6.45) is 0. The van der Waals surface area contributed by atoms with Gasteiger partial charge in [-0.15, -0.1) is 0 Å². The second kappa shape index (κ2) is 6.23. The molecule has 0 aliphatic carbocycles. The fourth-order valence-electron chi connectivity index (χ4n) is 1.60. The lowest BCUT2D eigenvalue weighted by molar-refractivity contribution is 0.102. The molecule has 2 N–H and O–H groups in total. The summed E-state index contributed by atoms with van der Waals surface area (Å²) in [7, 11) is 0. The van der Waals surface area contributed by atoms with E-state index in [1.165, 1.54) is 6.07 Å². The van der Waals surface area contributed by atoms with Gasteiger partial charge in [0.1, 0.15) is 5.82 Å². The van der Waals surface area contributed by atoms with Crippen LogP contribution in [0.5, 0.6) is 0 Å². The minimum atomic E-state index is -0.249.